The van der Waals surface area contributed by atoms with Crippen molar-refractivity contribution >= 4 is 28.9 Å². The molecule has 0 aliphatic carbocycles. The zero-order valence-electron chi connectivity index (χ0n) is 19.1. The van der Waals surface area contributed by atoms with Crippen LogP contribution in [0.3, 0.4) is 0 Å². The van der Waals surface area contributed by atoms with Gasteiger partial charge < -0.3 is 10.1 Å². The van der Waals surface area contributed by atoms with E-state index in [9.17, 15) is 14.9 Å². The van der Waals surface area contributed by atoms with Gasteiger partial charge in [-0.1, -0.05) is 60.7 Å². The first-order valence-corrected chi connectivity index (χ1v) is 11.8. The van der Waals surface area contributed by atoms with Crippen LogP contribution in [-0.4, -0.2) is 24.1 Å². The molecule has 1 N–H and O–H groups in total. The number of para-hydroxylation sites is 1. The first-order valence-electron chi connectivity index (χ1n) is 11.0. The SMILES string of the molecule is COc1cccc(C=c2sc(=C(C#N)C(=O)NCCc3ccccc3)n(-c3ccccc3)c2=O)c1. The maximum Gasteiger partial charge on any atom is 0.273 e. The Labute approximate surface area is 206 Å². The van der Waals surface area contributed by atoms with Crippen molar-refractivity contribution in [1.82, 2.24) is 9.88 Å². The van der Waals surface area contributed by atoms with E-state index in [0.717, 1.165) is 22.5 Å². The van der Waals surface area contributed by atoms with Crippen molar-refractivity contribution in [3.05, 3.63) is 116 Å². The minimum Gasteiger partial charge on any atom is -0.497 e. The third-order valence-electron chi connectivity index (χ3n) is 5.32. The van der Waals surface area contributed by atoms with E-state index >= 15 is 0 Å². The fraction of sp³-hybridized carbons (Fsp3) is 0.107. The van der Waals surface area contributed by atoms with Crippen molar-refractivity contribution in [3.8, 4) is 17.5 Å². The summed E-state index contributed by atoms with van der Waals surface area (Å²) >= 11 is 1.11. The molecule has 0 spiro atoms. The van der Waals surface area contributed by atoms with Crippen molar-refractivity contribution in [2.24, 2.45) is 0 Å². The summed E-state index contributed by atoms with van der Waals surface area (Å²) in [6.45, 7) is 0.373. The van der Waals surface area contributed by atoms with Gasteiger partial charge >= 0.3 is 0 Å². The van der Waals surface area contributed by atoms with Gasteiger partial charge in [-0.05, 0) is 47.9 Å². The van der Waals surface area contributed by atoms with Gasteiger partial charge in [0, 0.05) is 6.54 Å². The molecule has 1 heterocycles. The lowest BCUT2D eigenvalue weighted by Crippen LogP contribution is -2.34. The number of aromatic nitrogens is 1. The Kier molecular flexibility index (Phi) is 7.56. The standard InChI is InChI=1S/C28H23N3O3S/c1-34-23-14-8-11-21(17-23)18-25-27(33)31(22-12-6-3-7-13-22)28(35-25)24(19-29)26(32)30-16-15-20-9-4-2-5-10-20/h2-14,17-18H,15-16H2,1H3,(H,30,32). The molecule has 0 unspecified atom stereocenters. The van der Waals surface area contributed by atoms with Crippen LogP contribution in [0.25, 0.3) is 17.3 Å². The van der Waals surface area contributed by atoms with Gasteiger partial charge in [-0.2, -0.15) is 5.26 Å². The van der Waals surface area contributed by atoms with Crippen LogP contribution in [0.15, 0.2) is 89.7 Å². The first-order chi connectivity index (χ1) is 17.1. The summed E-state index contributed by atoms with van der Waals surface area (Å²) in [7, 11) is 1.58. The van der Waals surface area contributed by atoms with Crippen molar-refractivity contribution < 1.29 is 9.53 Å². The zero-order chi connectivity index (χ0) is 24.6. The smallest absolute Gasteiger partial charge is 0.273 e. The first kappa shape index (κ1) is 23.7. The second kappa shape index (κ2) is 11.1. The summed E-state index contributed by atoms with van der Waals surface area (Å²) in [5.41, 5.74) is 2.04. The molecule has 0 saturated carbocycles. The third-order valence-corrected chi connectivity index (χ3v) is 6.42. The molecule has 1 aromatic heterocycles. The Morgan fingerprint density at radius 3 is 2.46 bits per heavy atom. The van der Waals surface area contributed by atoms with Crippen LogP contribution in [0.5, 0.6) is 5.75 Å². The second-order valence-electron chi connectivity index (χ2n) is 7.65. The lowest BCUT2D eigenvalue weighted by atomic mass is 10.1. The largest absolute Gasteiger partial charge is 0.497 e. The molecule has 6 nitrogen and oxygen atoms in total. The summed E-state index contributed by atoms with van der Waals surface area (Å²) in [6, 6.07) is 28.1. The average Bonchev–Trinajstić information content (AvgIpc) is 3.21. The van der Waals surface area contributed by atoms with Gasteiger partial charge in [0.1, 0.15) is 16.5 Å². The highest BCUT2D eigenvalue weighted by Crippen LogP contribution is 2.13. The third kappa shape index (κ3) is 5.57. The van der Waals surface area contributed by atoms with Gasteiger partial charge in [-0.3, -0.25) is 14.2 Å². The molecule has 3 aromatic carbocycles. The highest BCUT2D eigenvalue weighted by atomic mass is 32.1. The van der Waals surface area contributed by atoms with Gasteiger partial charge in [-0.15, -0.1) is 11.3 Å². The minimum absolute atomic E-state index is 0.102. The molecule has 0 fully saturated rings. The predicted molar refractivity (Wildman–Crippen MR) is 138 cm³/mol. The van der Waals surface area contributed by atoms with E-state index in [0.29, 0.717) is 28.9 Å². The molecule has 4 rings (SSSR count). The maximum absolute atomic E-state index is 13.4. The number of benzene rings is 3. The molecular weight excluding hydrogens is 458 g/mol. The monoisotopic (exact) mass is 481 g/mol. The van der Waals surface area contributed by atoms with Crippen molar-refractivity contribution in [2.45, 2.75) is 6.42 Å². The molecular formula is C28H23N3O3S. The van der Waals surface area contributed by atoms with E-state index < -0.39 is 5.91 Å². The molecule has 4 aromatic rings. The number of nitrogens with one attached hydrogen (secondary N) is 1. The number of hydrogen-bond donors (Lipinski definition) is 1. The number of carbonyl (C=O) groups excluding carboxylic acids is 1. The average molecular weight is 482 g/mol. The quantitative estimate of drug-likeness (QED) is 0.440. The maximum atomic E-state index is 13.4. The number of thiazole rings is 1. The normalized spacial score (nSPS) is 12.1. The number of nitrogens with zero attached hydrogens (tertiary/aromatic N) is 2. The van der Waals surface area contributed by atoms with Crippen LogP contribution in [0, 0.1) is 11.3 Å². The lowest BCUT2D eigenvalue weighted by Gasteiger charge is -2.06. The summed E-state index contributed by atoms with van der Waals surface area (Å²) in [4.78, 5) is 26.5. The molecule has 0 saturated heterocycles. The Bertz CT molecular complexity index is 1550. The highest BCUT2D eigenvalue weighted by molar-refractivity contribution is 7.07. The molecule has 0 atom stereocenters. The zero-order valence-corrected chi connectivity index (χ0v) is 19.9. The van der Waals surface area contributed by atoms with E-state index in [-0.39, 0.29) is 15.8 Å². The van der Waals surface area contributed by atoms with E-state index in [4.69, 9.17) is 4.74 Å². The van der Waals surface area contributed by atoms with Crippen LogP contribution in [0.4, 0.5) is 0 Å². The minimum atomic E-state index is -0.512. The fourth-order valence-corrected chi connectivity index (χ4v) is 4.70. The Hall–Kier alpha value is -4.41. The fourth-order valence-electron chi connectivity index (χ4n) is 3.59. The molecule has 7 heteroatoms. The number of ether oxygens (including phenoxy) is 1. The molecule has 0 bridgehead atoms. The number of carbonyl (C=O) groups is 1. The topological polar surface area (TPSA) is 84.1 Å². The summed E-state index contributed by atoms with van der Waals surface area (Å²) in [5.74, 6) is 0.156. The van der Waals surface area contributed by atoms with Gasteiger partial charge in [-0.25, -0.2) is 0 Å². The molecule has 0 radical (unpaired) electrons. The lowest BCUT2D eigenvalue weighted by molar-refractivity contribution is -0.115. The molecule has 35 heavy (non-hydrogen) atoms. The van der Waals surface area contributed by atoms with Crippen LogP contribution >= 0.6 is 11.3 Å². The van der Waals surface area contributed by atoms with Crippen LogP contribution in [-0.2, 0) is 11.2 Å². The summed E-state index contributed by atoms with van der Waals surface area (Å²) < 4.78 is 7.39. The Morgan fingerprint density at radius 2 is 1.77 bits per heavy atom. The van der Waals surface area contributed by atoms with Gasteiger partial charge in [0.25, 0.3) is 11.5 Å². The van der Waals surface area contributed by atoms with E-state index in [2.05, 4.69) is 5.32 Å². The van der Waals surface area contributed by atoms with E-state index in [1.807, 2.05) is 66.7 Å². The van der Waals surface area contributed by atoms with Crippen LogP contribution in [0.2, 0.25) is 0 Å². The van der Waals surface area contributed by atoms with Gasteiger partial charge in [0.05, 0.1) is 17.3 Å². The number of methoxy groups -OCH3 is 1. The summed E-state index contributed by atoms with van der Waals surface area (Å²) in [5, 5.41) is 12.7. The second-order valence-corrected chi connectivity index (χ2v) is 8.68. The number of nitriles is 1. The number of amides is 1. The number of rotatable bonds is 7. The molecule has 0 aliphatic heterocycles. The molecule has 1 amide bonds. The van der Waals surface area contributed by atoms with Gasteiger partial charge in [0.15, 0.2) is 5.57 Å². The van der Waals surface area contributed by atoms with Crippen molar-refractivity contribution in [3.63, 3.8) is 0 Å². The number of hydrogen-bond acceptors (Lipinski definition) is 5. The van der Waals surface area contributed by atoms with Crippen LogP contribution in [0.1, 0.15) is 11.1 Å². The van der Waals surface area contributed by atoms with Crippen molar-refractivity contribution in [1.29, 1.82) is 5.26 Å². The summed E-state index contributed by atoms with van der Waals surface area (Å²) in [6.07, 6.45) is 2.37. The highest BCUT2D eigenvalue weighted by Gasteiger charge is 2.16. The Balaban J connectivity index is 1.80. The molecule has 174 valence electrons. The van der Waals surface area contributed by atoms with E-state index in [1.165, 1.54) is 4.57 Å². The van der Waals surface area contributed by atoms with E-state index in [1.54, 1.807) is 37.5 Å². The predicted octanol–water partition coefficient (Wildman–Crippen LogP) is 2.77. The Morgan fingerprint density at radius 1 is 1.06 bits per heavy atom. The molecule has 0 aliphatic rings. The van der Waals surface area contributed by atoms with Crippen LogP contribution < -0.4 is 24.8 Å². The van der Waals surface area contributed by atoms with Gasteiger partial charge in [0.2, 0.25) is 0 Å². The van der Waals surface area contributed by atoms with Crippen molar-refractivity contribution in [2.75, 3.05) is 13.7 Å².